The van der Waals surface area contributed by atoms with Crippen LogP contribution < -0.4 is 16.0 Å². The van der Waals surface area contributed by atoms with Crippen molar-refractivity contribution in [3.05, 3.63) is 41.8 Å². The molecule has 1 aliphatic rings. The first-order chi connectivity index (χ1) is 13.4. The number of nitrogens with zero attached hydrogens (tertiary/aromatic N) is 5. The number of hydrogen-bond donors (Lipinski definition) is 2. The van der Waals surface area contributed by atoms with Gasteiger partial charge >= 0.3 is 0 Å². The zero-order valence-electron chi connectivity index (χ0n) is 16.7. The predicted molar refractivity (Wildman–Crippen MR) is 112 cm³/mol. The number of aryl methyl sites for hydroxylation is 1. The molecule has 0 bridgehead atoms. The highest BCUT2D eigenvalue weighted by Crippen LogP contribution is 2.19. The van der Waals surface area contributed by atoms with E-state index in [0.717, 1.165) is 37.6 Å². The number of anilines is 2. The zero-order chi connectivity index (χ0) is 20.1. The number of likely N-dealkylation sites (N-methyl/N-ethyl adjacent to an activating group) is 1. The molecule has 1 atom stereocenters. The lowest BCUT2D eigenvalue weighted by molar-refractivity contribution is 0.226. The average Bonchev–Trinajstić information content (AvgIpc) is 2.67. The molecule has 1 saturated heterocycles. The molecule has 0 aliphatic carbocycles. The molecular weight excluding hydrogens is 357 g/mol. The van der Waals surface area contributed by atoms with Gasteiger partial charge in [-0.25, -0.2) is 14.4 Å². The van der Waals surface area contributed by atoms with Crippen LogP contribution in [0.25, 0.3) is 0 Å². The second kappa shape index (κ2) is 8.97. The zero-order valence-corrected chi connectivity index (χ0v) is 16.7. The van der Waals surface area contributed by atoms with Crippen LogP contribution in [0.4, 0.5) is 21.8 Å². The molecule has 1 aromatic carbocycles. The first-order valence-electron chi connectivity index (χ1n) is 9.62. The van der Waals surface area contributed by atoms with Crippen LogP contribution in [-0.2, 0) is 0 Å². The van der Waals surface area contributed by atoms with Crippen molar-refractivity contribution in [3.8, 4) is 0 Å². The van der Waals surface area contributed by atoms with Crippen molar-refractivity contribution in [1.29, 1.82) is 0 Å². The maximum absolute atomic E-state index is 13.4. The van der Waals surface area contributed by atoms with E-state index in [2.05, 4.69) is 32.1 Å². The number of halogens is 1. The molecule has 1 unspecified atom stereocenters. The molecule has 1 aliphatic heterocycles. The largest absolute Gasteiger partial charge is 0.369 e. The van der Waals surface area contributed by atoms with Crippen molar-refractivity contribution in [2.75, 3.05) is 36.9 Å². The first-order valence-corrected chi connectivity index (χ1v) is 9.62. The second-order valence-electron chi connectivity index (χ2n) is 7.08. The van der Waals surface area contributed by atoms with Gasteiger partial charge in [-0.2, -0.15) is 4.98 Å². The fourth-order valence-corrected chi connectivity index (χ4v) is 3.30. The number of aliphatic imine (C=N–C) groups is 1. The summed E-state index contributed by atoms with van der Waals surface area (Å²) in [6.07, 6.45) is 2.30. The number of rotatable bonds is 5. The number of aromatic nitrogens is 2. The summed E-state index contributed by atoms with van der Waals surface area (Å²) >= 11 is 0. The van der Waals surface area contributed by atoms with Gasteiger partial charge in [-0.1, -0.05) is 13.0 Å². The topological polar surface area (TPSA) is 82.7 Å². The maximum atomic E-state index is 13.4. The van der Waals surface area contributed by atoms with E-state index in [1.165, 1.54) is 18.6 Å². The van der Waals surface area contributed by atoms with Crippen LogP contribution in [0.2, 0.25) is 0 Å². The fraction of sp³-hybridized carbons (Fsp3) is 0.450. The van der Waals surface area contributed by atoms with Crippen LogP contribution in [-0.4, -0.2) is 53.6 Å². The smallest absolute Gasteiger partial charge is 0.234 e. The summed E-state index contributed by atoms with van der Waals surface area (Å²) in [6.45, 7) is 7.32. The van der Waals surface area contributed by atoms with Crippen molar-refractivity contribution >= 4 is 23.4 Å². The normalized spacial score (nSPS) is 18.1. The fourth-order valence-electron chi connectivity index (χ4n) is 3.30. The van der Waals surface area contributed by atoms with Crippen LogP contribution in [0.15, 0.2) is 35.3 Å². The molecule has 0 radical (unpaired) electrons. The lowest BCUT2D eigenvalue weighted by Gasteiger charge is -2.32. The van der Waals surface area contributed by atoms with Crippen LogP contribution in [0.3, 0.4) is 0 Å². The number of benzene rings is 1. The number of likely N-dealkylation sites (tertiary alicyclic amines) is 1. The van der Waals surface area contributed by atoms with E-state index in [-0.39, 0.29) is 11.8 Å². The number of guanidine groups is 1. The minimum atomic E-state index is -0.358. The molecule has 150 valence electrons. The van der Waals surface area contributed by atoms with Crippen molar-refractivity contribution in [3.63, 3.8) is 0 Å². The summed E-state index contributed by atoms with van der Waals surface area (Å²) in [5, 5.41) is 3.53. The summed E-state index contributed by atoms with van der Waals surface area (Å²) in [6, 6.07) is 8.27. The number of nitrogens with two attached hydrogens (primary N) is 1. The van der Waals surface area contributed by atoms with E-state index in [1.54, 1.807) is 24.1 Å². The Morgan fingerprint density at radius 3 is 2.96 bits per heavy atom. The molecule has 0 saturated carbocycles. The lowest BCUT2D eigenvalue weighted by atomic mass is 10.1. The van der Waals surface area contributed by atoms with Gasteiger partial charge in [0.2, 0.25) is 11.9 Å². The predicted octanol–water partition coefficient (Wildman–Crippen LogP) is 2.90. The molecule has 8 heteroatoms. The minimum Gasteiger partial charge on any atom is -0.369 e. The first kappa shape index (κ1) is 20.0. The van der Waals surface area contributed by atoms with Gasteiger partial charge in [-0.15, -0.1) is 0 Å². The van der Waals surface area contributed by atoms with Crippen molar-refractivity contribution in [1.82, 2.24) is 14.9 Å². The Balaban J connectivity index is 1.76. The van der Waals surface area contributed by atoms with Crippen LogP contribution in [0.5, 0.6) is 0 Å². The molecule has 1 fully saturated rings. The second-order valence-corrected chi connectivity index (χ2v) is 7.08. The Morgan fingerprint density at radius 2 is 2.21 bits per heavy atom. The van der Waals surface area contributed by atoms with Gasteiger partial charge in [0.05, 0.1) is 5.69 Å². The van der Waals surface area contributed by atoms with Gasteiger partial charge in [-0.05, 0) is 51.1 Å². The minimum absolute atomic E-state index is 0.192. The SMILES string of the molecule is CCN1CCCC(Nc2cc(C)nc(N(C)C(N)=Nc3cccc(F)c3)n2)C1. The lowest BCUT2D eigenvalue weighted by Crippen LogP contribution is -2.42. The third kappa shape index (κ3) is 5.16. The molecule has 1 aromatic heterocycles. The third-order valence-electron chi connectivity index (χ3n) is 4.84. The molecule has 3 rings (SSSR count). The monoisotopic (exact) mass is 385 g/mol. The molecule has 7 nitrogen and oxygen atoms in total. The number of hydrogen-bond acceptors (Lipinski definition) is 5. The highest BCUT2D eigenvalue weighted by Gasteiger charge is 2.19. The Hall–Kier alpha value is -2.74. The third-order valence-corrected chi connectivity index (χ3v) is 4.84. The standard InChI is InChI=1S/C20H28FN7/c1-4-28-10-6-9-17(13-28)24-18-11-14(2)23-20(26-18)27(3)19(22)25-16-8-5-7-15(21)12-16/h5,7-8,11-12,17H,4,6,9-10,13H2,1-3H3,(H2,22,25)(H,23,24,26). The van der Waals surface area contributed by atoms with Crippen LogP contribution >= 0.6 is 0 Å². The van der Waals surface area contributed by atoms with E-state index >= 15 is 0 Å². The summed E-state index contributed by atoms with van der Waals surface area (Å²) in [7, 11) is 1.75. The molecule has 0 spiro atoms. The molecule has 0 amide bonds. The molecule has 28 heavy (non-hydrogen) atoms. The van der Waals surface area contributed by atoms with Crippen molar-refractivity contribution in [2.24, 2.45) is 10.7 Å². The van der Waals surface area contributed by atoms with Crippen molar-refractivity contribution in [2.45, 2.75) is 32.7 Å². The highest BCUT2D eigenvalue weighted by molar-refractivity contribution is 5.94. The summed E-state index contributed by atoms with van der Waals surface area (Å²) in [4.78, 5) is 17.4. The van der Waals surface area contributed by atoms with Gasteiger partial charge in [0.15, 0.2) is 0 Å². The summed E-state index contributed by atoms with van der Waals surface area (Å²) in [5.41, 5.74) is 7.37. The van der Waals surface area contributed by atoms with Crippen LogP contribution in [0.1, 0.15) is 25.5 Å². The van der Waals surface area contributed by atoms with E-state index in [9.17, 15) is 4.39 Å². The van der Waals surface area contributed by atoms with Gasteiger partial charge < -0.3 is 16.0 Å². The van der Waals surface area contributed by atoms with Crippen molar-refractivity contribution < 1.29 is 4.39 Å². The summed E-state index contributed by atoms with van der Waals surface area (Å²) < 4.78 is 13.4. The Bertz CT molecular complexity index is 839. The van der Waals surface area contributed by atoms with E-state index in [0.29, 0.717) is 17.7 Å². The van der Waals surface area contributed by atoms with E-state index in [4.69, 9.17) is 5.73 Å². The van der Waals surface area contributed by atoms with Crippen LogP contribution in [0, 0.1) is 12.7 Å². The van der Waals surface area contributed by atoms with Gasteiger partial charge in [0.1, 0.15) is 11.6 Å². The summed E-state index contributed by atoms with van der Waals surface area (Å²) in [5.74, 6) is 1.06. The number of piperidine rings is 1. The van der Waals surface area contributed by atoms with E-state index in [1.807, 2.05) is 13.0 Å². The maximum Gasteiger partial charge on any atom is 0.234 e. The van der Waals surface area contributed by atoms with E-state index < -0.39 is 0 Å². The number of nitrogens with one attached hydrogen (secondary N) is 1. The Kier molecular flexibility index (Phi) is 6.41. The molecular formula is C20H28FN7. The molecule has 2 aromatic rings. The van der Waals surface area contributed by atoms with Gasteiger partial charge in [0, 0.05) is 31.4 Å². The van der Waals surface area contributed by atoms with Gasteiger partial charge in [-0.3, -0.25) is 4.90 Å². The molecule has 2 heterocycles. The Labute approximate surface area is 165 Å². The highest BCUT2D eigenvalue weighted by atomic mass is 19.1. The Morgan fingerprint density at radius 1 is 1.39 bits per heavy atom. The molecule has 3 N–H and O–H groups in total. The van der Waals surface area contributed by atoms with Gasteiger partial charge in [0.25, 0.3) is 0 Å². The quantitative estimate of drug-likeness (QED) is 0.608. The average molecular weight is 385 g/mol.